The lowest BCUT2D eigenvalue weighted by molar-refractivity contribution is 0.0331. The minimum absolute atomic E-state index is 0.407. The van der Waals surface area contributed by atoms with Crippen molar-refractivity contribution in [3.63, 3.8) is 0 Å². The molecule has 0 amide bonds. The Morgan fingerprint density at radius 2 is 2.14 bits per heavy atom. The van der Waals surface area contributed by atoms with Crippen LogP contribution in [0.4, 0.5) is 0 Å². The van der Waals surface area contributed by atoms with Gasteiger partial charge >= 0.3 is 0 Å². The molecule has 4 nitrogen and oxygen atoms in total. The summed E-state index contributed by atoms with van der Waals surface area (Å²) < 4.78 is 5.32. The van der Waals surface area contributed by atoms with E-state index in [1.165, 1.54) is 0 Å². The third-order valence-corrected chi connectivity index (χ3v) is 1.85. The molecule has 0 aromatic rings. The molecule has 0 heterocycles. The molecule has 1 atom stereocenters. The molecule has 14 heavy (non-hydrogen) atoms. The number of rotatable bonds is 9. The average molecular weight is 204 g/mol. The lowest BCUT2D eigenvalue weighted by Crippen LogP contribution is -2.33. The lowest BCUT2D eigenvalue weighted by Gasteiger charge is -2.12. The van der Waals surface area contributed by atoms with E-state index in [1.54, 1.807) is 0 Å². The molecule has 0 radical (unpaired) electrons. The fraction of sp³-hybridized carbons (Fsp3) is 1.00. The number of hydrogen-bond donors (Lipinski definition) is 3. The molecule has 0 saturated carbocycles. The predicted octanol–water partition coefficient (Wildman–Crippen LogP) is -0.0417. The number of nitrogens with two attached hydrogens (primary N) is 1. The number of hydrogen-bond acceptors (Lipinski definition) is 4. The first-order chi connectivity index (χ1) is 6.66. The first-order valence-corrected chi connectivity index (χ1v) is 5.33. The van der Waals surface area contributed by atoms with E-state index in [0.717, 1.165) is 19.6 Å². The van der Waals surface area contributed by atoms with Gasteiger partial charge in [0, 0.05) is 26.2 Å². The van der Waals surface area contributed by atoms with Crippen LogP contribution in [-0.2, 0) is 4.74 Å². The van der Waals surface area contributed by atoms with Gasteiger partial charge < -0.3 is 20.9 Å². The van der Waals surface area contributed by atoms with E-state index in [2.05, 4.69) is 19.2 Å². The van der Waals surface area contributed by atoms with E-state index in [1.807, 2.05) is 0 Å². The van der Waals surface area contributed by atoms with E-state index in [0.29, 0.717) is 25.6 Å². The molecule has 0 aliphatic heterocycles. The summed E-state index contributed by atoms with van der Waals surface area (Å²) in [5.41, 5.74) is 5.29. The van der Waals surface area contributed by atoms with Gasteiger partial charge in [-0.3, -0.25) is 0 Å². The maximum absolute atomic E-state index is 9.41. The third-order valence-electron chi connectivity index (χ3n) is 1.85. The van der Waals surface area contributed by atoms with Gasteiger partial charge in [0.05, 0.1) is 12.7 Å². The molecular formula is C10H24N2O2. The van der Waals surface area contributed by atoms with Crippen molar-refractivity contribution in [2.75, 3.05) is 32.8 Å². The second-order valence-corrected chi connectivity index (χ2v) is 3.90. The van der Waals surface area contributed by atoms with Crippen molar-refractivity contribution in [1.29, 1.82) is 0 Å². The average Bonchev–Trinajstić information content (AvgIpc) is 2.13. The van der Waals surface area contributed by atoms with Crippen molar-refractivity contribution in [2.24, 2.45) is 11.7 Å². The summed E-state index contributed by atoms with van der Waals surface area (Å²) in [7, 11) is 0. The maximum atomic E-state index is 9.41. The smallest absolute Gasteiger partial charge is 0.0897 e. The Bertz CT molecular complexity index is 121. The highest BCUT2D eigenvalue weighted by Crippen LogP contribution is 1.98. The van der Waals surface area contributed by atoms with Gasteiger partial charge in [0.1, 0.15) is 0 Å². The van der Waals surface area contributed by atoms with E-state index in [9.17, 15) is 5.11 Å². The van der Waals surface area contributed by atoms with E-state index in [-0.39, 0.29) is 0 Å². The van der Waals surface area contributed by atoms with Crippen LogP contribution in [0.5, 0.6) is 0 Å². The fourth-order valence-electron chi connectivity index (χ4n) is 0.968. The number of nitrogens with one attached hydrogen (secondary N) is 1. The van der Waals surface area contributed by atoms with Crippen LogP contribution in [0.3, 0.4) is 0 Å². The number of aliphatic hydroxyl groups is 1. The Hall–Kier alpha value is -0.160. The molecule has 0 aliphatic carbocycles. The Balaban J connectivity index is 3.14. The molecule has 0 saturated heterocycles. The van der Waals surface area contributed by atoms with Gasteiger partial charge in [-0.2, -0.15) is 0 Å². The van der Waals surface area contributed by atoms with Gasteiger partial charge in [-0.25, -0.2) is 0 Å². The Morgan fingerprint density at radius 3 is 2.71 bits per heavy atom. The van der Waals surface area contributed by atoms with Crippen LogP contribution in [-0.4, -0.2) is 44.1 Å². The van der Waals surface area contributed by atoms with Gasteiger partial charge in [0.15, 0.2) is 0 Å². The van der Waals surface area contributed by atoms with Crippen LogP contribution in [0.15, 0.2) is 0 Å². The quantitative estimate of drug-likeness (QED) is 0.461. The van der Waals surface area contributed by atoms with E-state index >= 15 is 0 Å². The zero-order valence-corrected chi connectivity index (χ0v) is 9.33. The molecule has 0 aliphatic rings. The van der Waals surface area contributed by atoms with E-state index in [4.69, 9.17) is 10.5 Å². The molecule has 0 aromatic carbocycles. The standard InChI is InChI=1S/C10H24N2O2/c1-9(2)3-6-14-8-10(13)7-12-5-4-11/h9-10,12-13H,3-8,11H2,1-2H3. The number of aliphatic hydroxyl groups excluding tert-OH is 1. The highest BCUT2D eigenvalue weighted by molar-refractivity contribution is 4.58. The van der Waals surface area contributed by atoms with Crippen molar-refractivity contribution in [1.82, 2.24) is 5.32 Å². The predicted molar refractivity (Wildman–Crippen MR) is 58.2 cm³/mol. The number of ether oxygens (including phenoxy) is 1. The van der Waals surface area contributed by atoms with Gasteiger partial charge in [-0.05, 0) is 12.3 Å². The Labute approximate surface area is 86.8 Å². The Kier molecular flexibility index (Phi) is 9.29. The molecule has 1 unspecified atom stereocenters. The van der Waals surface area contributed by atoms with E-state index < -0.39 is 6.10 Å². The van der Waals surface area contributed by atoms with Crippen molar-refractivity contribution in [2.45, 2.75) is 26.4 Å². The third kappa shape index (κ3) is 9.92. The van der Waals surface area contributed by atoms with Gasteiger partial charge in [0.25, 0.3) is 0 Å². The van der Waals surface area contributed by atoms with Crippen LogP contribution in [0.2, 0.25) is 0 Å². The van der Waals surface area contributed by atoms with Crippen molar-refractivity contribution >= 4 is 0 Å². The van der Waals surface area contributed by atoms with Crippen LogP contribution in [0, 0.1) is 5.92 Å². The van der Waals surface area contributed by atoms with Crippen LogP contribution < -0.4 is 11.1 Å². The van der Waals surface area contributed by atoms with Crippen LogP contribution in [0.1, 0.15) is 20.3 Å². The molecule has 0 rings (SSSR count). The van der Waals surface area contributed by atoms with Crippen LogP contribution >= 0.6 is 0 Å². The highest BCUT2D eigenvalue weighted by atomic mass is 16.5. The molecule has 86 valence electrons. The second-order valence-electron chi connectivity index (χ2n) is 3.90. The first-order valence-electron chi connectivity index (χ1n) is 5.33. The summed E-state index contributed by atoms with van der Waals surface area (Å²) in [5, 5.41) is 12.4. The second kappa shape index (κ2) is 9.40. The van der Waals surface area contributed by atoms with Gasteiger partial charge in [0.2, 0.25) is 0 Å². The maximum Gasteiger partial charge on any atom is 0.0897 e. The summed E-state index contributed by atoms with van der Waals surface area (Å²) in [6.45, 7) is 7.34. The molecule has 0 fully saturated rings. The largest absolute Gasteiger partial charge is 0.389 e. The highest BCUT2D eigenvalue weighted by Gasteiger charge is 2.03. The lowest BCUT2D eigenvalue weighted by atomic mass is 10.1. The summed E-state index contributed by atoms with van der Waals surface area (Å²) in [5.74, 6) is 0.655. The molecule has 0 spiro atoms. The zero-order chi connectivity index (χ0) is 10.8. The molecule has 4 N–H and O–H groups in total. The monoisotopic (exact) mass is 204 g/mol. The van der Waals surface area contributed by atoms with Gasteiger partial charge in [-0.1, -0.05) is 13.8 Å². The summed E-state index contributed by atoms with van der Waals surface area (Å²) in [6, 6.07) is 0. The van der Waals surface area contributed by atoms with Crippen molar-refractivity contribution in [3.8, 4) is 0 Å². The minimum Gasteiger partial charge on any atom is -0.389 e. The van der Waals surface area contributed by atoms with Crippen molar-refractivity contribution in [3.05, 3.63) is 0 Å². The zero-order valence-electron chi connectivity index (χ0n) is 9.33. The first kappa shape index (κ1) is 13.8. The summed E-state index contributed by atoms with van der Waals surface area (Å²) in [6.07, 6.45) is 0.622. The SMILES string of the molecule is CC(C)CCOCC(O)CNCCN. The summed E-state index contributed by atoms with van der Waals surface area (Å²) in [4.78, 5) is 0. The normalized spacial score (nSPS) is 13.5. The fourth-order valence-corrected chi connectivity index (χ4v) is 0.968. The van der Waals surface area contributed by atoms with Crippen molar-refractivity contribution < 1.29 is 9.84 Å². The summed E-state index contributed by atoms with van der Waals surface area (Å²) >= 11 is 0. The topological polar surface area (TPSA) is 67.5 Å². The molecule has 0 aromatic heterocycles. The van der Waals surface area contributed by atoms with Gasteiger partial charge in [-0.15, -0.1) is 0 Å². The Morgan fingerprint density at radius 1 is 1.43 bits per heavy atom. The minimum atomic E-state index is -0.422. The molecular weight excluding hydrogens is 180 g/mol. The molecule has 4 heteroatoms. The van der Waals surface area contributed by atoms with Crippen LogP contribution in [0.25, 0.3) is 0 Å². The molecule has 0 bridgehead atoms.